The predicted octanol–water partition coefficient (Wildman–Crippen LogP) is 3.33. The number of ether oxygens (including phenoxy) is 2. The Balaban J connectivity index is 1.37. The van der Waals surface area contributed by atoms with Crippen LogP contribution in [0, 0.1) is 13.5 Å². The van der Waals surface area contributed by atoms with Crippen molar-refractivity contribution in [1.29, 1.82) is 0 Å². The Kier molecular flexibility index (Phi) is 8.19. The fourth-order valence-corrected chi connectivity index (χ4v) is 6.65. The normalized spacial score (nSPS) is 22.0. The van der Waals surface area contributed by atoms with Crippen LogP contribution >= 0.6 is 0 Å². The van der Waals surface area contributed by atoms with Crippen molar-refractivity contribution in [2.24, 2.45) is 0 Å². The van der Waals surface area contributed by atoms with Crippen LogP contribution in [0.3, 0.4) is 0 Å². The summed E-state index contributed by atoms with van der Waals surface area (Å²) in [6, 6.07) is 13.1. The number of carbonyl (C=O) groups is 1. The lowest BCUT2D eigenvalue weighted by atomic mass is 9.99. The van der Waals surface area contributed by atoms with Crippen molar-refractivity contribution in [2.75, 3.05) is 69.8 Å². The molecule has 224 valence electrons. The number of fused-ring (bicyclic) bond motifs is 2. The molecular formula is C33H39N7O3. The zero-order valence-corrected chi connectivity index (χ0v) is 25.2. The van der Waals surface area contributed by atoms with E-state index in [4.69, 9.17) is 26.0 Å². The van der Waals surface area contributed by atoms with Gasteiger partial charge >= 0.3 is 6.01 Å². The molecule has 0 radical (unpaired) electrons. The molecule has 3 aromatic rings. The van der Waals surface area contributed by atoms with E-state index in [0.29, 0.717) is 45.4 Å². The highest BCUT2D eigenvalue weighted by atomic mass is 16.6. The highest BCUT2D eigenvalue weighted by Gasteiger charge is 2.36. The van der Waals surface area contributed by atoms with Crippen molar-refractivity contribution in [1.82, 2.24) is 19.8 Å². The third-order valence-corrected chi connectivity index (χ3v) is 8.92. The fourth-order valence-electron chi connectivity index (χ4n) is 6.65. The number of carbonyl (C=O) groups excluding carboxylic acids is 1. The van der Waals surface area contributed by atoms with Gasteiger partial charge in [-0.05, 0) is 50.5 Å². The SMILES string of the molecule is [C-]#[N+]C[C@H]1CN(c2nc(O[C@H]3COC[C@H]3N(C)C)nc3c2CCN(c2cccc4cccc(C)c24)C3)CCN1C(=O)C=C. The maximum absolute atomic E-state index is 12.6. The van der Waals surface area contributed by atoms with Crippen LogP contribution in [0.15, 0.2) is 49.1 Å². The first-order valence-corrected chi connectivity index (χ1v) is 14.9. The Hall–Kier alpha value is -4.20. The van der Waals surface area contributed by atoms with Gasteiger partial charge in [0.15, 0.2) is 0 Å². The van der Waals surface area contributed by atoms with E-state index in [1.165, 1.54) is 28.1 Å². The summed E-state index contributed by atoms with van der Waals surface area (Å²) < 4.78 is 12.2. The molecule has 0 aliphatic carbocycles. The topological polar surface area (TPSA) is 78.6 Å². The Morgan fingerprint density at radius 3 is 2.74 bits per heavy atom. The summed E-state index contributed by atoms with van der Waals surface area (Å²) in [5.74, 6) is 0.703. The second-order valence-corrected chi connectivity index (χ2v) is 11.8. The van der Waals surface area contributed by atoms with E-state index in [1.807, 2.05) is 14.1 Å². The molecule has 0 unspecified atom stereocenters. The van der Waals surface area contributed by atoms with E-state index in [9.17, 15) is 4.79 Å². The second-order valence-electron chi connectivity index (χ2n) is 11.8. The number of rotatable bonds is 7. The van der Waals surface area contributed by atoms with E-state index in [1.54, 1.807) is 4.90 Å². The summed E-state index contributed by atoms with van der Waals surface area (Å²) in [7, 11) is 4.06. The minimum Gasteiger partial charge on any atom is -0.456 e. The molecule has 10 nitrogen and oxygen atoms in total. The van der Waals surface area contributed by atoms with Gasteiger partial charge < -0.3 is 33.9 Å². The highest BCUT2D eigenvalue weighted by molar-refractivity contribution is 5.97. The molecule has 2 fully saturated rings. The van der Waals surface area contributed by atoms with Crippen LogP contribution in [0.2, 0.25) is 0 Å². The van der Waals surface area contributed by atoms with Crippen molar-refractivity contribution in [3.8, 4) is 6.01 Å². The zero-order valence-electron chi connectivity index (χ0n) is 25.2. The van der Waals surface area contributed by atoms with Gasteiger partial charge in [-0.1, -0.05) is 36.9 Å². The van der Waals surface area contributed by atoms with Crippen molar-refractivity contribution >= 4 is 28.2 Å². The number of piperazine rings is 1. The third kappa shape index (κ3) is 5.63. The molecule has 3 aliphatic heterocycles. The number of aryl methyl sites for hydroxylation is 1. The molecule has 2 saturated heterocycles. The van der Waals surface area contributed by atoms with Crippen LogP contribution < -0.4 is 14.5 Å². The summed E-state index contributed by atoms with van der Waals surface area (Å²) in [4.78, 5) is 34.7. The highest BCUT2D eigenvalue weighted by Crippen LogP contribution is 2.36. The largest absolute Gasteiger partial charge is 0.456 e. The molecule has 0 spiro atoms. The maximum atomic E-state index is 12.6. The van der Waals surface area contributed by atoms with Crippen LogP contribution in [0.25, 0.3) is 15.6 Å². The van der Waals surface area contributed by atoms with Gasteiger partial charge in [0.1, 0.15) is 18.0 Å². The number of hydrogen-bond donors (Lipinski definition) is 0. The Morgan fingerprint density at radius 2 is 1.98 bits per heavy atom. The molecule has 2 aromatic carbocycles. The van der Waals surface area contributed by atoms with Gasteiger partial charge in [-0.25, -0.2) is 6.57 Å². The molecule has 0 N–H and O–H groups in total. The lowest BCUT2D eigenvalue weighted by Gasteiger charge is -2.41. The monoisotopic (exact) mass is 581 g/mol. The van der Waals surface area contributed by atoms with Crippen molar-refractivity contribution in [2.45, 2.75) is 38.1 Å². The van der Waals surface area contributed by atoms with Crippen LogP contribution in [0.1, 0.15) is 16.8 Å². The number of anilines is 2. The molecule has 1 amide bonds. The Labute approximate surface area is 253 Å². The van der Waals surface area contributed by atoms with Crippen molar-refractivity contribution < 1.29 is 14.3 Å². The summed E-state index contributed by atoms with van der Waals surface area (Å²) >= 11 is 0. The van der Waals surface area contributed by atoms with Gasteiger partial charge in [0.2, 0.25) is 12.5 Å². The fraction of sp³-hybridized carbons (Fsp3) is 0.455. The molecule has 3 aliphatic rings. The van der Waals surface area contributed by atoms with Crippen LogP contribution in [0.4, 0.5) is 11.5 Å². The van der Waals surface area contributed by atoms with Gasteiger partial charge in [-0.15, -0.1) is 0 Å². The zero-order chi connectivity index (χ0) is 30.1. The number of hydrogen-bond acceptors (Lipinski definition) is 8. The van der Waals surface area contributed by atoms with Gasteiger partial charge in [-0.3, -0.25) is 4.79 Å². The Bertz CT molecular complexity index is 1560. The maximum Gasteiger partial charge on any atom is 0.319 e. The van der Waals surface area contributed by atoms with Crippen LogP contribution in [-0.4, -0.2) is 104 Å². The van der Waals surface area contributed by atoms with Gasteiger partial charge in [-0.2, -0.15) is 9.97 Å². The molecule has 0 bridgehead atoms. The van der Waals surface area contributed by atoms with Crippen LogP contribution in [0.5, 0.6) is 6.01 Å². The number of aromatic nitrogens is 2. The summed E-state index contributed by atoms with van der Waals surface area (Å²) in [6.07, 6.45) is 1.93. The molecular weight excluding hydrogens is 542 g/mol. The van der Waals surface area contributed by atoms with Crippen molar-refractivity contribution in [3.63, 3.8) is 0 Å². The first-order valence-electron chi connectivity index (χ1n) is 14.9. The number of amides is 1. The standard InChI is InChI=1S/C33H39N7O3/c1-6-30(41)40-16-15-39(18-24(40)17-34-3)32-25-13-14-38(27-12-8-11-23-10-7-9-22(2)31(23)27)19-26(25)35-33(36-32)43-29-21-42-20-28(29)37(4)5/h6-12,24,28-29H,1,13-21H2,2,4-5H3/t24-,28+,29-/m0/s1. The van der Waals surface area contributed by atoms with Crippen molar-refractivity contribution in [3.05, 3.63) is 77.3 Å². The number of nitrogens with zero attached hydrogens (tertiary/aromatic N) is 7. The quantitative estimate of drug-likeness (QED) is 0.311. The average molecular weight is 582 g/mol. The van der Waals surface area contributed by atoms with E-state index >= 15 is 0 Å². The minimum absolute atomic E-state index is 0.106. The average Bonchev–Trinajstić information content (AvgIpc) is 3.48. The second kappa shape index (κ2) is 12.2. The smallest absolute Gasteiger partial charge is 0.319 e. The summed E-state index contributed by atoms with van der Waals surface area (Å²) in [6.45, 7) is 17.7. The summed E-state index contributed by atoms with van der Waals surface area (Å²) in [5, 5.41) is 2.49. The first-order chi connectivity index (χ1) is 20.9. The lowest BCUT2D eigenvalue weighted by molar-refractivity contribution is -0.128. The molecule has 43 heavy (non-hydrogen) atoms. The molecule has 1 aromatic heterocycles. The van der Waals surface area contributed by atoms with E-state index in [0.717, 1.165) is 30.0 Å². The van der Waals surface area contributed by atoms with Gasteiger partial charge in [0.25, 0.3) is 0 Å². The van der Waals surface area contributed by atoms with E-state index in [2.05, 4.69) is 69.4 Å². The molecule has 3 atom stereocenters. The number of likely N-dealkylation sites (N-methyl/N-ethyl adjacent to an activating group) is 1. The van der Waals surface area contributed by atoms with Gasteiger partial charge in [0, 0.05) is 42.8 Å². The molecule has 4 heterocycles. The minimum atomic E-state index is -0.244. The lowest BCUT2D eigenvalue weighted by Crippen LogP contribution is -2.56. The molecule has 6 rings (SSSR count). The molecule has 10 heteroatoms. The summed E-state index contributed by atoms with van der Waals surface area (Å²) in [5.41, 5.74) is 4.51. The Morgan fingerprint density at radius 1 is 1.16 bits per heavy atom. The molecule has 0 saturated carbocycles. The third-order valence-electron chi connectivity index (χ3n) is 8.92. The van der Waals surface area contributed by atoms with E-state index < -0.39 is 0 Å². The van der Waals surface area contributed by atoms with Crippen LogP contribution in [-0.2, 0) is 22.5 Å². The first kappa shape index (κ1) is 28.9. The van der Waals surface area contributed by atoms with E-state index in [-0.39, 0.29) is 30.6 Å². The van der Waals surface area contributed by atoms with Gasteiger partial charge in [0.05, 0.1) is 31.5 Å². The predicted molar refractivity (Wildman–Crippen MR) is 168 cm³/mol. The number of benzene rings is 2.